The van der Waals surface area contributed by atoms with E-state index in [1.165, 1.54) is 0 Å². The van der Waals surface area contributed by atoms with Gasteiger partial charge >= 0.3 is 0 Å². The number of methoxy groups -OCH3 is 2. The molecule has 180 valence electrons. The van der Waals surface area contributed by atoms with Gasteiger partial charge in [0.05, 0.1) is 26.5 Å². The molecule has 0 saturated carbocycles. The SMILES string of the molecule is COc1ccccc1CCNC(=O)c1ccc(CN2CCN(c3cc(Cl)ccc3OC)CC2)o1. The van der Waals surface area contributed by atoms with Crippen molar-refractivity contribution >= 4 is 23.2 Å². The lowest BCUT2D eigenvalue weighted by atomic mass is 10.1. The van der Waals surface area contributed by atoms with Gasteiger partial charge in [-0.15, -0.1) is 0 Å². The second kappa shape index (κ2) is 11.3. The molecule has 1 N–H and O–H groups in total. The van der Waals surface area contributed by atoms with E-state index >= 15 is 0 Å². The van der Waals surface area contributed by atoms with Gasteiger partial charge in [0, 0.05) is 37.7 Å². The third-order valence-electron chi connectivity index (χ3n) is 5.99. The van der Waals surface area contributed by atoms with Gasteiger partial charge in [0.1, 0.15) is 17.3 Å². The van der Waals surface area contributed by atoms with Crippen LogP contribution in [0.3, 0.4) is 0 Å². The molecule has 0 unspecified atom stereocenters. The summed E-state index contributed by atoms with van der Waals surface area (Å²) in [5, 5.41) is 3.62. The summed E-state index contributed by atoms with van der Waals surface area (Å²) in [4.78, 5) is 17.1. The van der Waals surface area contributed by atoms with Crippen molar-refractivity contribution in [3.8, 4) is 11.5 Å². The molecule has 7 nitrogen and oxygen atoms in total. The van der Waals surface area contributed by atoms with E-state index in [9.17, 15) is 4.79 Å². The fourth-order valence-electron chi connectivity index (χ4n) is 4.17. The number of anilines is 1. The summed E-state index contributed by atoms with van der Waals surface area (Å²) < 4.78 is 16.7. The topological polar surface area (TPSA) is 67.2 Å². The number of nitrogens with zero attached hydrogens (tertiary/aromatic N) is 2. The molecule has 1 aliphatic heterocycles. The van der Waals surface area contributed by atoms with E-state index in [-0.39, 0.29) is 5.91 Å². The first kappa shape index (κ1) is 24.0. The average molecular weight is 484 g/mol. The van der Waals surface area contributed by atoms with Crippen molar-refractivity contribution in [2.45, 2.75) is 13.0 Å². The minimum atomic E-state index is -0.209. The Kier molecular flexibility index (Phi) is 7.98. The Morgan fingerprint density at radius 2 is 1.76 bits per heavy atom. The highest BCUT2D eigenvalue weighted by molar-refractivity contribution is 6.30. The van der Waals surface area contributed by atoms with Crippen LogP contribution in [0.5, 0.6) is 11.5 Å². The van der Waals surface area contributed by atoms with Crippen molar-refractivity contribution in [3.63, 3.8) is 0 Å². The summed E-state index contributed by atoms with van der Waals surface area (Å²) in [7, 11) is 3.32. The molecule has 34 heavy (non-hydrogen) atoms. The minimum absolute atomic E-state index is 0.209. The molecule has 1 aliphatic rings. The largest absolute Gasteiger partial charge is 0.496 e. The standard InChI is InChI=1S/C26H30ClN3O4/c1-32-23-6-4-3-5-19(23)11-12-28-26(31)25-10-8-21(34-25)18-29-13-15-30(16-14-29)22-17-20(27)7-9-24(22)33-2/h3-10,17H,11-16,18H2,1-2H3,(H,28,31). The van der Waals surface area contributed by atoms with Gasteiger partial charge in [-0.05, 0) is 48.4 Å². The van der Waals surface area contributed by atoms with E-state index in [0.717, 1.165) is 54.7 Å². The molecule has 0 radical (unpaired) electrons. The lowest BCUT2D eigenvalue weighted by Crippen LogP contribution is -2.46. The molecule has 3 aromatic rings. The number of halogens is 1. The number of hydrogen-bond acceptors (Lipinski definition) is 6. The van der Waals surface area contributed by atoms with Crippen molar-refractivity contribution < 1.29 is 18.7 Å². The highest BCUT2D eigenvalue weighted by Crippen LogP contribution is 2.32. The molecule has 0 aliphatic carbocycles. The predicted octanol–water partition coefficient (Wildman–Crippen LogP) is 4.24. The van der Waals surface area contributed by atoms with Gasteiger partial charge in [0.15, 0.2) is 5.76 Å². The summed E-state index contributed by atoms with van der Waals surface area (Å²) in [6.45, 7) is 4.62. The zero-order valence-electron chi connectivity index (χ0n) is 19.6. The molecule has 1 aromatic heterocycles. The summed E-state index contributed by atoms with van der Waals surface area (Å²) in [6.07, 6.45) is 0.686. The van der Waals surface area contributed by atoms with Crippen molar-refractivity contribution in [2.75, 3.05) is 51.8 Å². The van der Waals surface area contributed by atoms with Crippen molar-refractivity contribution in [3.05, 3.63) is 76.7 Å². The molecule has 8 heteroatoms. The first-order chi connectivity index (χ1) is 16.6. The summed E-state index contributed by atoms with van der Waals surface area (Å²) in [5.74, 6) is 2.55. The number of amides is 1. The van der Waals surface area contributed by atoms with Gasteiger partial charge in [0.2, 0.25) is 0 Å². The molecule has 1 amide bonds. The Morgan fingerprint density at radius 1 is 1.00 bits per heavy atom. The van der Waals surface area contributed by atoms with Crippen molar-refractivity contribution in [2.24, 2.45) is 0 Å². The fourth-order valence-corrected chi connectivity index (χ4v) is 4.34. The molecular weight excluding hydrogens is 454 g/mol. The predicted molar refractivity (Wildman–Crippen MR) is 133 cm³/mol. The Labute approximate surface area is 205 Å². The van der Waals surface area contributed by atoms with Crippen LogP contribution < -0.4 is 19.7 Å². The maximum atomic E-state index is 12.5. The second-order valence-corrected chi connectivity index (χ2v) is 8.60. The maximum absolute atomic E-state index is 12.5. The van der Waals surface area contributed by atoms with Crippen LogP contribution in [-0.2, 0) is 13.0 Å². The number of hydrogen-bond donors (Lipinski definition) is 1. The number of ether oxygens (including phenoxy) is 2. The van der Waals surface area contributed by atoms with Crippen LogP contribution in [0.15, 0.2) is 59.0 Å². The lowest BCUT2D eigenvalue weighted by molar-refractivity contribution is 0.0922. The lowest BCUT2D eigenvalue weighted by Gasteiger charge is -2.36. The molecule has 1 saturated heterocycles. The first-order valence-electron chi connectivity index (χ1n) is 11.4. The van der Waals surface area contributed by atoms with E-state index in [0.29, 0.717) is 30.3 Å². The van der Waals surface area contributed by atoms with E-state index < -0.39 is 0 Å². The quantitative estimate of drug-likeness (QED) is 0.491. The third-order valence-corrected chi connectivity index (χ3v) is 6.23. The Morgan fingerprint density at radius 3 is 2.53 bits per heavy atom. The van der Waals surface area contributed by atoms with Gasteiger partial charge in [-0.25, -0.2) is 0 Å². The van der Waals surface area contributed by atoms with Gasteiger partial charge in [0.25, 0.3) is 5.91 Å². The van der Waals surface area contributed by atoms with Crippen LogP contribution in [-0.4, -0.2) is 57.8 Å². The zero-order chi connectivity index (χ0) is 23.9. The van der Waals surface area contributed by atoms with E-state index in [1.807, 2.05) is 48.5 Å². The van der Waals surface area contributed by atoms with E-state index in [4.69, 9.17) is 25.5 Å². The molecule has 2 aromatic carbocycles. The normalized spacial score (nSPS) is 14.1. The molecule has 0 spiro atoms. The van der Waals surface area contributed by atoms with Crippen LogP contribution in [0.2, 0.25) is 5.02 Å². The molecule has 4 rings (SSSR count). The monoisotopic (exact) mass is 483 g/mol. The second-order valence-electron chi connectivity index (χ2n) is 8.16. The van der Waals surface area contributed by atoms with Crippen LogP contribution in [0.4, 0.5) is 5.69 Å². The number of nitrogens with one attached hydrogen (secondary N) is 1. The molecule has 0 atom stereocenters. The van der Waals surface area contributed by atoms with Crippen molar-refractivity contribution in [1.82, 2.24) is 10.2 Å². The summed E-state index contributed by atoms with van der Waals surface area (Å²) in [5.41, 5.74) is 2.07. The number of carbonyl (C=O) groups excluding carboxylic acids is 1. The Balaban J connectivity index is 1.26. The Bertz CT molecular complexity index is 1110. The molecule has 0 bridgehead atoms. The number of para-hydroxylation sites is 1. The summed E-state index contributed by atoms with van der Waals surface area (Å²) in [6, 6.07) is 17.1. The Hall–Kier alpha value is -3.16. The van der Waals surface area contributed by atoms with Gasteiger partial charge in [-0.3, -0.25) is 9.69 Å². The molecular formula is C26H30ClN3O4. The maximum Gasteiger partial charge on any atom is 0.287 e. The number of carbonyl (C=O) groups is 1. The van der Waals surface area contributed by atoms with Gasteiger partial charge in [-0.1, -0.05) is 29.8 Å². The highest BCUT2D eigenvalue weighted by Gasteiger charge is 2.21. The third kappa shape index (κ3) is 5.85. The molecule has 2 heterocycles. The van der Waals surface area contributed by atoms with E-state index in [1.54, 1.807) is 20.3 Å². The molecule has 1 fully saturated rings. The fraction of sp³-hybridized carbons (Fsp3) is 0.346. The van der Waals surface area contributed by atoms with Crippen LogP contribution in [0.1, 0.15) is 21.9 Å². The van der Waals surface area contributed by atoms with Gasteiger partial charge < -0.3 is 24.1 Å². The number of benzene rings is 2. The van der Waals surface area contributed by atoms with Crippen LogP contribution in [0, 0.1) is 0 Å². The van der Waals surface area contributed by atoms with E-state index in [2.05, 4.69) is 15.1 Å². The summed E-state index contributed by atoms with van der Waals surface area (Å²) >= 11 is 6.19. The average Bonchev–Trinajstić information content (AvgIpc) is 3.33. The van der Waals surface area contributed by atoms with Crippen molar-refractivity contribution in [1.29, 1.82) is 0 Å². The zero-order valence-corrected chi connectivity index (χ0v) is 20.3. The highest BCUT2D eigenvalue weighted by atomic mass is 35.5. The number of furan rings is 1. The number of piperazine rings is 1. The smallest absolute Gasteiger partial charge is 0.287 e. The number of rotatable bonds is 9. The minimum Gasteiger partial charge on any atom is -0.496 e. The van der Waals surface area contributed by atoms with Crippen LogP contribution >= 0.6 is 11.6 Å². The van der Waals surface area contributed by atoms with Gasteiger partial charge in [-0.2, -0.15) is 0 Å². The van der Waals surface area contributed by atoms with Crippen LogP contribution in [0.25, 0.3) is 0 Å². The first-order valence-corrected chi connectivity index (χ1v) is 11.7.